The Morgan fingerprint density at radius 2 is 2.08 bits per heavy atom. The van der Waals surface area contributed by atoms with Crippen LogP contribution in [0.25, 0.3) is 0 Å². The molecule has 5 nitrogen and oxygen atoms in total. The molecule has 3 heterocycles. The van der Waals surface area contributed by atoms with Gasteiger partial charge in [-0.15, -0.1) is 0 Å². The van der Waals surface area contributed by atoms with E-state index >= 15 is 0 Å². The average molecular weight is 326 g/mol. The first-order chi connectivity index (χ1) is 11.7. The molecule has 128 valence electrons. The summed E-state index contributed by atoms with van der Waals surface area (Å²) in [5.74, 6) is 1.91. The summed E-state index contributed by atoms with van der Waals surface area (Å²) in [5, 5.41) is 0. The normalized spacial score (nSPS) is 15.7. The van der Waals surface area contributed by atoms with Crippen molar-refractivity contribution in [2.75, 3.05) is 13.1 Å². The minimum absolute atomic E-state index is 0.102. The lowest BCUT2D eigenvalue weighted by atomic mass is 9.93. The predicted octanol–water partition coefficient (Wildman–Crippen LogP) is 3.09. The van der Waals surface area contributed by atoms with E-state index in [1.807, 2.05) is 23.2 Å². The molecule has 0 spiro atoms. The SMILES string of the molecule is CCCn1c(C)cnc1CC1CCN(C(=O)c2cccnc2)CC1. The number of amides is 1. The van der Waals surface area contributed by atoms with Crippen molar-refractivity contribution in [3.05, 3.63) is 47.8 Å². The molecule has 2 aromatic heterocycles. The lowest BCUT2D eigenvalue weighted by Gasteiger charge is -2.32. The van der Waals surface area contributed by atoms with Gasteiger partial charge in [0.2, 0.25) is 0 Å². The van der Waals surface area contributed by atoms with Crippen LogP contribution in [0.2, 0.25) is 0 Å². The maximum absolute atomic E-state index is 12.5. The second kappa shape index (κ2) is 7.60. The number of aromatic nitrogens is 3. The number of pyridine rings is 1. The predicted molar refractivity (Wildman–Crippen MR) is 93.8 cm³/mol. The van der Waals surface area contributed by atoms with Gasteiger partial charge in [-0.3, -0.25) is 9.78 Å². The summed E-state index contributed by atoms with van der Waals surface area (Å²) in [6.45, 7) is 7.02. The zero-order valence-corrected chi connectivity index (χ0v) is 14.6. The van der Waals surface area contributed by atoms with E-state index in [-0.39, 0.29) is 5.91 Å². The molecule has 1 aliphatic rings. The summed E-state index contributed by atoms with van der Waals surface area (Å²) in [7, 11) is 0. The van der Waals surface area contributed by atoms with E-state index in [2.05, 4.69) is 28.4 Å². The number of nitrogens with zero attached hydrogens (tertiary/aromatic N) is 4. The van der Waals surface area contributed by atoms with Crippen LogP contribution in [0.15, 0.2) is 30.7 Å². The summed E-state index contributed by atoms with van der Waals surface area (Å²) >= 11 is 0. The molecular weight excluding hydrogens is 300 g/mol. The highest BCUT2D eigenvalue weighted by atomic mass is 16.2. The van der Waals surface area contributed by atoms with Crippen LogP contribution in [0.1, 0.15) is 48.1 Å². The van der Waals surface area contributed by atoms with Crippen molar-refractivity contribution in [3.63, 3.8) is 0 Å². The molecule has 0 aliphatic carbocycles. The minimum atomic E-state index is 0.102. The van der Waals surface area contributed by atoms with Gasteiger partial charge in [0, 0.05) is 50.3 Å². The molecule has 0 unspecified atom stereocenters. The van der Waals surface area contributed by atoms with E-state index in [1.54, 1.807) is 12.4 Å². The van der Waals surface area contributed by atoms with Crippen LogP contribution in [-0.4, -0.2) is 38.4 Å². The van der Waals surface area contributed by atoms with Crippen molar-refractivity contribution in [1.29, 1.82) is 0 Å². The number of hydrogen-bond donors (Lipinski definition) is 0. The van der Waals surface area contributed by atoms with E-state index < -0.39 is 0 Å². The Balaban J connectivity index is 1.57. The van der Waals surface area contributed by atoms with Gasteiger partial charge in [0.1, 0.15) is 5.82 Å². The molecule has 3 rings (SSSR count). The molecule has 0 bridgehead atoms. The van der Waals surface area contributed by atoms with Gasteiger partial charge in [-0.25, -0.2) is 4.98 Å². The fourth-order valence-corrected chi connectivity index (χ4v) is 3.47. The number of piperidine rings is 1. The van der Waals surface area contributed by atoms with Crippen molar-refractivity contribution in [2.24, 2.45) is 5.92 Å². The molecule has 0 saturated carbocycles. The number of imidazole rings is 1. The monoisotopic (exact) mass is 326 g/mol. The molecule has 2 aromatic rings. The second-order valence-corrected chi connectivity index (χ2v) is 6.65. The number of hydrogen-bond acceptors (Lipinski definition) is 3. The first-order valence-corrected chi connectivity index (χ1v) is 8.89. The quantitative estimate of drug-likeness (QED) is 0.848. The zero-order valence-electron chi connectivity index (χ0n) is 14.6. The Morgan fingerprint density at radius 1 is 1.29 bits per heavy atom. The molecule has 0 atom stereocenters. The Bertz CT molecular complexity index is 672. The summed E-state index contributed by atoms with van der Waals surface area (Å²) in [5.41, 5.74) is 1.93. The number of rotatable bonds is 5. The fraction of sp³-hybridized carbons (Fsp3) is 0.526. The summed E-state index contributed by atoms with van der Waals surface area (Å²) in [6, 6.07) is 3.65. The van der Waals surface area contributed by atoms with Crippen LogP contribution in [-0.2, 0) is 13.0 Å². The van der Waals surface area contributed by atoms with Crippen molar-refractivity contribution >= 4 is 5.91 Å². The summed E-state index contributed by atoms with van der Waals surface area (Å²) in [6.07, 6.45) is 9.56. The third-order valence-electron chi connectivity index (χ3n) is 4.87. The van der Waals surface area contributed by atoms with Gasteiger partial charge in [-0.2, -0.15) is 0 Å². The summed E-state index contributed by atoms with van der Waals surface area (Å²) in [4.78, 5) is 23.1. The highest BCUT2D eigenvalue weighted by molar-refractivity contribution is 5.93. The zero-order chi connectivity index (χ0) is 16.9. The molecule has 0 N–H and O–H groups in total. The Hall–Kier alpha value is -2.17. The third kappa shape index (κ3) is 3.66. The van der Waals surface area contributed by atoms with Crippen molar-refractivity contribution in [1.82, 2.24) is 19.4 Å². The largest absolute Gasteiger partial charge is 0.339 e. The van der Waals surface area contributed by atoms with E-state index in [0.717, 1.165) is 45.3 Å². The Labute approximate surface area is 143 Å². The third-order valence-corrected chi connectivity index (χ3v) is 4.87. The van der Waals surface area contributed by atoms with Crippen molar-refractivity contribution < 1.29 is 4.79 Å². The van der Waals surface area contributed by atoms with Gasteiger partial charge >= 0.3 is 0 Å². The van der Waals surface area contributed by atoms with Gasteiger partial charge in [0.05, 0.1) is 5.56 Å². The van der Waals surface area contributed by atoms with E-state index in [1.165, 1.54) is 11.5 Å². The maximum Gasteiger partial charge on any atom is 0.255 e. The molecule has 0 aromatic carbocycles. The van der Waals surface area contributed by atoms with Gasteiger partial charge in [-0.05, 0) is 44.2 Å². The highest BCUT2D eigenvalue weighted by Gasteiger charge is 2.25. The van der Waals surface area contributed by atoms with Crippen molar-refractivity contribution in [2.45, 2.75) is 46.1 Å². The maximum atomic E-state index is 12.5. The molecular formula is C19H26N4O. The van der Waals surface area contributed by atoms with Crippen LogP contribution in [0, 0.1) is 12.8 Å². The Kier molecular flexibility index (Phi) is 5.28. The first-order valence-electron chi connectivity index (χ1n) is 8.89. The number of carbonyl (C=O) groups is 1. The van der Waals surface area contributed by atoms with Crippen molar-refractivity contribution in [3.8, 4) is 0 Å². The molecule has 1 amide bonds. The topological polar surface area (TPSA) is 51.0 Å². The van der Waals surface area contributed by atoms with E-state index in [0.29, 0.717) is 11.5 Å². The van der Waals surface area contributed by atoms with Crippen LogP contribution in [0.5, 0.6) is 0 Å². The second-order valence-electron chi connectivity index (χ2n) is 6.65. The van der Waals surface area contributed by atoms with Gasteiger partial charge < -0.3 is 9.47 Å². The van der Waals surface area contributed by atoms with Gasteiger partial charge in [0.25, 0.3) is 5.91 Å². The van der Waals surface area contributed by atoms with Crippen LogP contribution >= 0.6 is 0 Å². The van der Waals surface area contributed by atoms with Gasteiger partial charge in [0.15, 0.2) is 0 Å². The molecule has 24 heavy (non-hydrogen) atoms. The van der Waals surface area contributed by atoms with E-state index in [4.69, 9.17) is 0 Å². The van der Waals surface area contributed by atoms with E-state index in [9.17, 15) is 4.79 Å². The minimum Gasteiger partial charge on any atom is -0.339 e. The standard InChI is InChI=1S/C19H26N4O/c1-3-9-23-15(2)13-21-18(23)12-16-6-10-22(11-7-16)19(24)17-5-4-8-20-14-17/h4-5,8,13-14,16H,3,6-7,9-12H2,1-2H3. The lowest BCUT2D eigenvalue weighted by Crippen LogP contribution is -2.39. The number of carbonyl (C=O) groups excluding carboxylic acids is 1. The number of aryl methyl sites for hydroxylation is 1. The molecule has 1 aliphatic heterocycles. The molecule has 5 heteroatoms. The number of likely N-dealkylation sites (tertiary alicyclic amines) is 1. The smallest absolute Gasteiger partial charge is 0.255 e. The van der Waals surface area contributed by atoms with Gasteiger partial charge in [-0.1, -0.05) is 6.92 Å². The highest BCUT2D eigenvalue weighted by Crippen LogP contribution is 2.23. The molecule has 1 fully saturated rings. The molecule has 0 radical (unpaired) electrons. The Morgan fingerprint density at radius 3 is 2.75 bits per heavy atom. The lowest BCUT2D eigenvalue weighted by molar-refractivity contribution is 0.0689. The fourth-order valence-electron chi connectivity index (χ4n) is 3.47. The van der Waals surface area contributed by atoms with Crippen LogP contribution in [0.3, 0.4) is 0 Å². The average Bonchev–Trinajstić information content (AvgIpc) is 2.96. The summed E-state index contributed by atoms with van der Waals surface area (Å²) < 4.78 is 2.34. The van der Waals surface area contributed by atoms with Crippen LogP contribution in [0.4, 0.5) is 0 Å². The van der Waals surface area contributed by atoms with Crippen LogP contribution < -0.4 is 0 Å². The first kappa shape index (κ1) is 16.7. The molecule has 1 saturated heterocycles.